The van der Waals surface area contributed by atoms with Crippen molar-refractivity contribution in [3.63, 3.8) is 0 Å². The molecule has 0 unspecified atom stereocenters. The van der Waals surface area contributed by atoms with E-state index in [0.717, 1.165) is 0 Å². The van der Waals surface area contributed by atoms with Crippen molar-refractivity contribution in [1.82, 2.24) is 0 Å². The first-order chi connectivity index (χ1) is 4.57. The molecular formula is C10H24S. The Kier molecular flexibility index (Phi) is 2.57. The van der Waals surface area contributed by atoms with Crippen LogP contribution in [-0.2, 0) is 0 Å². The maximum absolute atomic E-state index is 2.42. The number of thiol groups is 1. The molecule has 0 saturated heterocycles. The van der Waals surface area contributed by atoms with Crippen molar-refractivity contribution in [3.8, 4) is 0 Å². The highest BCUT2D eigenvalue weighted by atomic mass is 32.3. The van der Waals surface area contributed by atoms with Gasteiger partial charge in [0.15, 0.2) is 0 Å². The summed E-state index contributed by atoms with van der Waals surface area (Å²) in [5, 5.41) is 0. The molecular weight excluding hydrogens is 152 g/mol. The summed E-state index contributed by atoms with van der Waals surface area (Å²) in [6, 6.07) is 0. The summed E-state index contributed by atoms with van der Waals surface area (Å²) in [5.74, 6) is 0. The number of hydrogen-bond acceptors (Lipinski definition) is 0. The van der Waals surface area contributed by atoms with Crippen LogP contribution in [0.3, 0.4) is 0 Å². The molecule has 0 saturated carbocycles. The van der Waals surface area contributed by atoms with Gasteiger partial charge in [0.05, 0.1) is 0 Å². The molecule has 0 radical (unpaired) electrons. The van der Waals surface area contributed by atoms with E-state index in [1.165, 1.54) is 0 Å². The molecule has 0 aliphatic carbocycles. The summed E-state index contributed by atoms with van der Waals surface area (Å²) in [4.78, 5) is 0. The molecule has 11 heavy (non-hydrogen) atoms. The minimum absolute atomic E-state index is 0.375. The third-order valence-corrected chi connectivity index (χ3v) is 7.64. The van der Waals surface area contributed by atoms with Gasteiger partial charge in [-0.1, -0.05) is 12.2 Å². The lowest BCUT2D eigenvalue weighted by Gasteiger charge is -2.59. The second kappa shape index (κ2) is 2.55. The van der Waals surface area contributed by atoms with E-state index in [0.29, 0.717) is 4.75 Å². The minimum atomic E-state index is -1.45. The van der Waals surface area contributed by atoms with Gasteiger partial charge in [0.25, 0.3) is 0 Å². The summed E-state index contributed by atoms with van der Waals surface area (Å²) in [7, 11) is -1.45. The first-order valence-electron chi connectivity index (χ1n) is 4.21. The molecule has 0 N–H and O–H groups in total. The molecule has 0 heterocycles. The Morgan fingerprint density at radius 1 is 1.00 bits per heavy atom. The maximum Gasteiger partial charge on any atom is -0.000756 e. The van der Waals surface area contributed by atoms with Crippen LogP contribution in [0.1, 0.15) is 20.8 Å². The molecule has 1 heteroatoms. The third-order valence-electron chi connectivity index (χ3n) is 2.88. The van der Waals surface area contributed by atoms with E-state index in [1.54, 1.807) is 0 Å². The summed E-state index contributed by atoms with van der Waals surface area (Å²) >= 11 is 0. The zero-order valence-corrected chi connectivity index (χ0v) is 10.00. The SMILES string of the molecule is CC=CC(C)(C)[SH](C)(C)(C)C. The average Bonchev–Trinajstić information content (AvgIpc) is 1.58. The molecule has 0 bridgehead atoms. The van der Waals surface area contributed by atoms with Crippen molar-refractivity contribution >= 4 is 9.16 Å². The lowest BCUT2D eigenvalue weighted by molar-refractivity contribution is 0.872. The van der Waals surface area contributed by atoms with Crippen LogP contribution in [0.4, 0.5) is 0 Å². The van der Waals surface area contributed by atoms with Gasteiger partial charge in [-0.3, -0.25) is 9.16 Å². The molecule has 0 aliphatic rings. The Morgan fingerprint density at radius 3 is 1.45 bits per heavy atom. The number of hydrogen-bond donors (Lipinski definition) is 1. The second-order valence-corrected chi connectivity index (χ2v) is 14.0. The van der Waals surface area contributed by atoms with E-state index in [4.69, 9.17) is 0 Å². The monoisotopic (exact) mass is 176 g/mol. The standard InChI is InChI=1S/C10H24S/c1-8-9-10(2,3)11(4,5,6)7/h8-9,11H,1-7H3. The molecule has 0 rings (SSSR count). The highest BCUT2D eigenvalue weighted by molar-refractivity contribution is 8.48. The number of allylic oxidation sites excluding steroid dienone is 1. The Balaban J connectivity index is 4.84. The van der Waals surface area contributed by atoms with Crippen molar-refractivity contribution < 1.29 is 0 Å². The Hall–Kier alpha value is 0.0900. The van der Waals surface area contributed by atoms with Gasteiger partial charge in [-0.05, 0) is 50.5 Å². The molecule has 0 spiro atoms. The van der Waals surface area contributed by atoms with E-state index >= 15 is 0 Å². The lowest BCUT2D eigenvalue weighted by Crippen LogP contribution is -2.34. The van der Waals surface area contributed by atoms with E-state index in [-0.39, 0.29) is 0 Å². The van der Waals surface area contributed by atoms with Gasteiger partial charge in [-0.15, -0.1) is 0 Å². The van der Waals surface area contributed by atoms with E-state index in [2.05, 4.69) is 57.9 Å². The first kappa shape index (κ1) is 11.1. The van der Waals surface area contributed by atoms with Crippen molar-refractivity contribution in [2.75, 3.05) is 25.0 Å². The summed E-state index contributed by atoms with van der Waals surface area (Å²) < 4.78 is 0.375. The smallest absolute Gasteiger partial charge is 0.000756 e. The number of rotatable bonds is 2. The van der Waals surface area contributed by atoms with Crippen molar-refractivity contribution in [1.29, 1.82) is 0 Å². The molecule has 0 fully saturated rings. The maximum atomic E-state index is 2.42. The van der Waals surface area contributed by atoms with Crippen LogP contribution in [0.2, 0.25) is 0 Å². The second-order valence-electron chi connectivity index (χ2n) is 5.73. The van der Waals surface area contributed by atoms with Crippen LogP contribution >= 0.6 is 9.16 Å². The highest BCUT2D eigenvalue weighted by Crippen LogP contribution is 2.66. The Labute approximate surface area is 72.4 Å². The summed E-state index contributed by atoms with van der Waals surface area (Å²) in [6.07, 6.45) is 14.2. The van der Waals surface area contributed by atoms with Crippen LogP contribution < -0.4 is 0 Å². The van der Waals surface area contributed by atoms with E-state index in [1.807, 2.05) is 0 Å². The molecule has 0 amide bonds. The van der Waals surface area contributed by atoms with E-state index in [9.17, 15) is 0 Å². The Morgan fingerprint density at radius 2 is 1.36 bits per heavy atom. The van der Waals surface area contributed by atoms with Gasteiger partial charge in [-0.25, -0.2) is 0 Å². The largest absolute Gasteiger partial charge is 0.285 e. The van der Waals surface area contributed by atoms with Crippen LogP contribution in [-0.4, -0.2) is 29.8 Å². The minimum Gasteiger partial charge on any atom is -0.285 e. The topological polar surface area (TPSA) is 0 Å². The Bertz CT molecular complexity index is 158. The van der Waals surface area contributed by atoms with Crippen molar-refractivity contribution in [2.24, 2.45) is 0 Å². The average molecular weight is 176 g/mol. The van der Waals surface area contributed by atoms with Crippen LogP contribution in [0.15, 0.2) is 12.2 Å². The lowest BCUT2D eigenvalue weighted by atomic mass is 10.2. The van der Waals surface area contributed by atoms with Crippen LogP contribution in [0, 0.1) is 0 Å². The predicted octanol–water partition coefficient (Wildman–Crippen LogP) is 2.93. The van der Waals surface area contributed by atoms with Gasteiger partial charge in [-0.2, -0.15) is 0 Å². The van der Waals surface area contributed by atoms with Gasteiger partial charge < -0.3 is 0 Å². The van der Waals surface area contributed by atoms with E-state index < -0.39 is 9.16 Å². The molecule has 0 aliphatic heterocycles. The fourth-order valence-electron chi connectivity index (χ4n) is 0.706. The third kappa shape index (κ3) is 2.55. The van der Waals surface area contributed by atoms with Crippen LogP contribution in [0.25, 0.3) is 0 Å². The molecule has 70 valence electrons. The zero-order valence-electron chi connectivity index (χ0n) is 9.10. The molecule has 0 atom stereocenters. The van der Waals surface area contributed by atoms with Gasteiger partial charge in [0.2, 0.25) is 0 Å². The molecule has 0 aromatic heterocycles. The quantitative estimate of drug-likeness (QED) is 0.485. The fraction of sp³-hybridized carbons (Fsp3) is 0.800. The first-order valence-corrected chi connectivity index (χ1v) is 8.24. The highest BCUT2D eigenvalue weighted by Gasteiger charge is 2.35. The van der Waals surface area contributed by atoms with Crippen LogP contribution in [0.5, 0.6) is 0 Å². The van der Waals surface area contributed by atoms with Gasteiger partial charge in [0, 0.05) is 0 Å². The van der Waals surface area contributed by atoms with Gasteiger partial charge in [0.1, 0.15) is 0 Å². The van der Waals surface area contributed by atoms with Crippen molar-refractivity contribution in [3.05, 3.63) is 12.2 Å². The van der Waals surface area contributed by atoms with Crippen molar-refractivity contribution in [2.45, 2.75) is 25.5 Å². The predicted molar refractivity (Wildman–Crippen MR) is 61.6 cm³/mol. The fourth-order valence-corrected chi connectivity index (χ4v) is 1.45. The van der Waals surface area contributed by atoms with Gasteiger partial charge >= 0.3 is 0 Å². The molecule has 0 aromatic carbocycles. The normalized spacial score (nSPS) is 18.3. The molecule has 0 nitrogen and oxygen atoms in total. The molecule has 0 aromatic rings. The summed E-state index contributed by atoms with van der Waals surface area (Å²) in [5.41, 5.74) is 0. The zero-order chi connectivity index (χ0) is 9.36. The summed E-state index contributed by atoms with van der Waals surface area (Å²) in [6.45, 7) is 6.78.